The minimum atomic E-state index is 0.740. The number of rotatable bonds is 5. The van der Waals surface area contributed by atoms with E-state index in [4.69, 9.17) is 5.73 Å². The van der Waals surface area contributed by atoms with Crippen LogP contribution < -0.4 is 11.1 Å². The second-order valence-corrected chi connectivity index (χ2v) is 5.04. The first-order valence-electron chi connectivity index (χ1n) is 5.46. The highest BCUT2D eigenvalue weighted by molar-refractivity contribution is 14.1. The summed E-state index contributed by atoms with van der Waals surface area (Å²) in [5, 5.41) is 3.41. The van der Waals surface area contributed by atoms with Gasteiger partial charge in [0.15, 0.2) is 0 Å². The van der Waals surface area contributed by atoms with E-state index in [9.17, 15) is 0 Å². The monoisotopic (exact) mass is 318 g/mol. The Hall–Kier alpha value is -0.450. The molecule has 0 fully saturated rings. The third kappa shape index (κ3) is 3.89. The quantitative estimate of drug-likeness (QED) is 0.641. The van der Waals surface area contributed by atoms with Crippen LogP contribution in [0.5, 0.6) is 0 Å². The molecular formula is C12H19IN2. The lowest BCUT2D eigenvalue weighted by Crippen LogP contribution is -2.13. The molecule has 0 heterocycles. The van der Waals surface area contributed by atoms with Gasteiger partial charge in [0.1, 0.15) is 0 Å². The molecule has 0 radical (unpaired) electrons. The van der Waals surface area contributed by atoms with Crippen molar-refractivity contribution in [1.29, 1.82) is 0 Å². The second-order valence-electron chi connectivity index (χ2n) is 3.79. The zero-order chi connectivity index (χ0) is 11.3. The summed E-state index contributed by atoms with van der Waals surface area (Å²) in [5.41, 5.74) is 7.82. The molecule has 0 amide bonds. The predicted octanol–water partition coefficient (Wildman–Crippen LogP) is 3.72. The predicted molar refractivity (Wildman–Crippen MR) is 76.1 cm³/mol. The molecule has 1 aromatic carbocycles. The van der Waals surface area contributed by atoms with Crippen LogP contribution in [0.3, 0.4) is 0 Å². The van der Waals surface area contributed by atoms with E-state index in [1.807, 2.05) is 6.07 Å². The Morgan fingerprint density at radius 1 is 1.33 bits per heavy atom. The maximum Gasteiger partial charge on any atom is 0.0574 e. The smallest absolute Gasteiger partial charge is 0.0574 e. The van der Waals surface area contributed by atoms with Crippen molar-refractivity contribution < 1.29 is 0 Å². The fourth-order valence-corrected chi connectivity index (χ4v) is 2.04. The lowest BCUT2D eigenvalue weighted by molar-refractivity contribution is 0.519. The number of nitrogens with one attached hydrogen (secondary N) is 1. The van der Waals surface area contributed by atoms with Crippen LogP contribution in [0.2, 0.25) is 0 Å². The fourth-order valence-electron chi connectivity index (χ4n) is 1.53. The summed E-state index contributed by atoms with van der Waals surface area (Å²) in [6.07, 6.45) is 2.43. The number of nitrogens with two attached hydrogens (primary N) is 1. The van der Waals surface area contributed by atoms with Gasteiger partial charge in [-0.1, -0.05) is 26.7 Å². The molecule has 0 aliphatic rings. The molecule has 0 saturated heterocycles. The first-order valence-corrected chi connectivity index (χ1v) is 6.54. The van der Waals surface area contributed by atoms with Gasteiger partial charge in [-0.3, -0.25) is 0 Å². The molecule has 15 heavy (non-hydrogen) atoms. The van der Waals surface area contributed by atoms with Crippen LogP contribution in [0.15, 0.2) is 18.2 Å². The molecule has 3 N–H and O–H groups in total. The second kappa shape index (κ2) is 6.20. The number of halogens is 1. The Labute approximate surface area is 106 Å². The molecule has 2 nitrogen and oxygen atoms in total. The third-order valence-corrected chi connectivity index (χ3v) is 3.42. The van der Waals surface area contributed by atoms with Crippen LogP contribution >= 0.6 is 22.6 Å². The number of nitrogen functional groups attached to an aromatic ring is 1. The number of benzene rings is 1. The minimum Gasteiger partial charge on any atom is -0.397 e. The Kier molecular flexibility index (Phi) is 5.22. The molecule has 1 aromatic rings. The zero-order valence-corrected chi connectivity index (χ0v) is 11.5. The number of anilines is 2. The van der Waals surface area contributed by atoms with Crippen molar-refractivity contribution in [2.24, 2.45) is 5.92 Å². The van der Waals surface area contributed by atoms with Crippen molar-refractivity contribution in [3.05, 3.63) is 21.8 Å². The summed E-state index contributed by atoms with van der Waals surface area (Å²) < 4.78 is 1.18. The van der Waals surface area contributed by atoms with Gasteiger partial charge < -0.3 is 11.1 Å². The van der Waals surface area contributed by atoms with Crippen molar-refractivity contribution in [3.63, 3.8) is 0 Å². The van der Waals surface area contributed by atoms with Crippen molar-refractivity contribution in [2.45, 2.75) is 26.7 Å². The van der Waals surface area contributed by atoms with Gasteiger partial charge in [0.25, 0.3) is 0 Å². The van der Waals surface area contributed by atoms with Crippen molar-refractivity contribution in [2.75, 3.05) is 17.6 Å². The summed E-state index contributed by atoms with van der Waals surface area (Å²) in [4.78, 5) is 0. The van der Waals surface area contributed by atoms with Crippen molar-refractivity contribution in [3.8, 4) is 0 Å². The minimum absolute atomic E-state index is 0.740. The Morgan fingerprint density at radius 3 is 2.53 bits per heavy atom. The largest absolute Gasteiger partial charge is 0.397 e. The van der Waals surface area contributed by atoms with E-state index in [1.54, 1.807) is 0 Å². The van der Waals surface area contributed by atoms with E-state index in [0.717, 1.165) is 23.8 Å². The van der Waals surface area contributed by atoms with Gasteiger partial charge in [0.2, 0.25) is 0 Å². The molecule has 0 atom stereocenters. The Morgan fingerprint density at radius 2 is 2.00 bits per heavy atom. The summed E-state index contributed by atoms with van der Waals surface area (Å²) in [6.45, 7) is 5.47. The van der Waals surface area contributed by atoms with E-state index < -0.39 is 0 Å². The van der Waals surface area contributed by atoms with E-state index in [1.165, 1.54) is 16.4 Å². The van der Waals surface area contributed by atoms with Gasteiger partial charge in [-0.25, -0.2) is 0 Å². The summed E-state index contributed by atoms with van der Waals surface area (Å²) >= 11 is 2.27. The van der Waals surface area contributed by atoms with Crippen LogP contribution in [-0.4, -0.2) is 6.54 Å². The van der Waals surface area contributed by atoms with Gasteiger partial charge in [0, 0.05) is 10.1 Å². The highest BCUT2D eigenvalue weighted by Gasteiger charge is 2.04. The molecular weight excluding hydrogens is 299 g/mol. The first-order chi connectivity index (χ1) is 7.17. The average molecular weight is 318 g/mol. The molecule has 0 aliphatic carbocycles. The zero-order valence-electron chi connectivity index (χ0n) is 9.39. The molecule has 0 aliphatic heterocycles. The molecule has 0 bridgehead atoms. The Bertz CT molecular complexity index is 308. The Balaban J connectivity index is 2.57. The van der Waals surface area contributed by atoms with Crippen LogP contribution in [0, 0.1) is 9.49 Å². The summed E-state index contributed by atoms with van der Waals surface area (Å²) in [5.74, 6) is 0.740. The van der Waals surface area contributed by atoms with E-state index in [2.05, 4.69) is 53.9 Å². The molecule has 0 saturated carbocycles. The molecule has 0 unspecified atom stereocenters. The highest BCUT2D eigenvalue weighted by Crippen LogP contribution is 2.21. The topological polar surface area (TPSA) is 38.0 Å². The van der Waals surface area contributed by atoms with Gasteiger partial charge >= 0.3 is 0 Å². The molecule has 3 heteroatoms. The van der Waals surface area contributed by atoms with Gasteiger partial charge in [-0.05, 0) is 46.7 Å². The van der Waals surface area contributed by atoms with Gasteiger partial charge in [-0.2, -0.15) is 0 Å². The SMILES string of the molecule is CCC(CC)CNc1ccc(I)cc1N. The van der Waals surface area contributed by atoms with E-state index >= 15 is 0 Å². The summed E-state index contributed by atoms with van der Waals surface area (Å²) in [7, 11) is 0. The summed E-state index contributed by atoms with van der Waals surface area (Å²) in [6, 6.07) is 6.13. The van der Waals surface area contributed by atoms with Crippen LogP contribution in [-0.2, 0) is 0 Å². The maximum absolute atomic E-state index is 5.92. The molecule has 0 aromatic heterocycles. The number of hydrogen-bond donors (Lipinski definition) is 2. The molecule has 84 valence electrons. The van der Waals surface area contributed by atoms with Gasteiger partial charge in [0.05, 0.1) is 11.4 Å². The number of hydrogen-bond acceptors (Lipinski definition) is 2. The van der Waals surface area contributed by atoms with Gasteiger partial charge in [-0.15, -0.1) is 0 Å². The van der Waals surface area contributed by atoms with Crippen LogP contribution in [0.1, 0.15) is 26.7 Å². The lowest BCUT2D eigenvalue weighted by Gasteiger charge is -2.15. The van der Waals surface area contributed by atoms with Crippen LogP contribution in [0.4, 0.5) is 11.4 Å². The molecule has 1 rings (SSSR count). The maximum atomic E-state index is 5.92. The van der Waals surface area contributed by atoms with Crippen molar-refractivity contribution >= 4 is 34.0 Å². The normalized spacial score (nSPS) is 10.7. The molecule has 0 spiro atoms. The van der Waals surface area contributed by atoms with E-state index in [0.29, 0.717) is 0 Å². The standard InChI is InChI=1S/C12H19IN2/c1-3-9(4-2)8-15-12-6-5-10(13)7-11(12)14/h5-7,9,15H,3-4,8,14H2,1-2H3. The van der Waals surface area contributed by atoms with Crippen LogP contribution in [0.25, 0.3) is 0 Å². The third-order valence-electron chi connectivity index (χ3n) is 2.75. The lowest BCUT2D eigenvalue weighted by atomic mass is 10.0. The first kappa shape index (κ1) is 12.6. The highest BCUT2D eigenvalue weighted by atomic mass is 127. The fraction of sp³-hybridized carbons (Fsp3) is 0.500. The van der Waals surface area contributed by atoms with Crippen molar-refractivity contribution in [1.82, 2.24) is 0 Å². The van der Waals surface area contributed by atoms with E-state index in [-0.39, 0.29) is 0 Å². The average Bonchev–Trinajstić information content (AvgIpc) is 2.22.